The molecule has 0 spiro atoms. The van der Waals surface area contributed by atoms with E-state index in [-0.39, 0.29) is 17.6 Å². The second-order valence-corrected chi connectivity index (χ2v) is 6.36. The van der Waals surface area contributed by atoms with Gasteiger partial charge in [0.25, 0.3) is 0 Å². The Morgan fingerprint density at radius 3 is 2.62 bits per heavy atom. The van der Waals surface area contributed by atoms with E-state index in [9.17, 15) is 4.79 Å². The number of carbonyl (C=O) groups is 1. The van der Waals surface area contributed by atoms with Crippen molar-refractivity contribution in [2.75, 3.05) is 13.7 Å². The normalized spacial score (nSPS) is 26.7. The SMILES string of the molecule is COC1(CCc2ccc(C3CC(C(=O)O)CN3)cc2)CC1. The topological polar surface area (TPSA) is 58.6 Å². The standard InChI is InChI=1S/C17H23NO3/c1-21-17(8-9-17)7-6-12-2-4-13(5-3-12)15-10-14(11-18-15)16(19)20/h2-5,14-15,18H,6-11H2,1H3,(H,19,20). The Morgan fingerprint density at radius 1 is 1.38 bits per heavy atom. The molecule has 1 aliphatic heterocycles. The van der Waals surface area contributed by atoms with E-state index < -0.39 is 5.97 Å². The molecule has 21 heavy (non-hydrogen) atoms. The molecule has 114 valence electrons. The number of aryl methyl sites for hydroxylation is 1. The molecule has 1 heterocycles. The second-order valence-electron chi connectivity index (χ2n) is 6.36. The molecule has 1 saturated carbocycles. The van der Waals surface area contributed by atoms with Crippen LogP contribution in [-0.4, -0.2) is 30.3 Å². The first-order valence-electron chi connectivity index (χ1n) is 7.72. The molecule has 0 aromatic heterocycles. The van der Waals surface area contributed by atoms with Crippen molar-refractivity contribution >= 4 is 5.97 Å². The Hall–Kier alpha value is -1.39. The highest BCUT2D eigenvalue weighted by molar-refractivity contribution is 5.70. The van der Waals surface area contributed by atoms with Crippen molar-refractivity contribution in [2.45, 2.75) is 43.7 Å². The average molecular weight is 289 g/mol. The number of hydrogen-bond acceptors (Lipinski definition) is 3. The van der Waals surface area contributed by atoms with Gasteiger partial charge in [-0.15, -0.1) is 0 Å². The van der Waals surface area contributed by atoms with Gasteiger partial charge in [-0.3, -0.25) is 4.79 Å². The van der Waals surface area contributed by atoms with Crippen LogP contribution in [0.1, 0.15) is 42.9 Å². The van der Waals surface area contributed by atoms with Gasteiger partial charge < -0.3 is 15.2 Å². The second kappa shape index (κ2) is 5.78. The zero-order valence-corrected chi connectivity index (χ0v) is 12.5. The smallest absolute Gasteiger partial charge is 0.307 e. The highest BCUT2D eigenvalue weighted by Gasteiger charge is 2.42. The maximum absolute atomic E-state index is 11.0. The van der Waals surface area contributed by atoms with Gasteiger partial charge >= 0.3 is 5.97 Å². The van der Waals surface area contributed by atoms with Crippen LogP contribution in [0.25, 0.3) is 0 Å². The summed E-state index contributed by atoms with van der Waals surface area (Å²) in [5.74, 6) is -0.956. The molecule has 2 aliphatic rings. The Labute approximate surface area is 125 Å². The Balaban J connectivity index is 1.56. The average Bonchev–Trinajstić information content (AvgIpc) is 3.11. The number of aliphatic carboxylic acids is 1. The number of carboxylic acid groups (broad SMARTS) is 1. The Kier molecular flexibility index (Phi) is 4.00. The Bertz CT molecular complexity index is 507. The van der Waals surface area contributed by atoms with Gasteiger partial charge in [0.2, 0.25) is 0 Å². The molecular formula is C17H23NO3. The molecular weight excluding hydrogens is 266 g/mol. The summed E-state index contributed by atoms with van der Waals surface area (Å²) in [4.78, 5) is 11.0. The van der Waals surface area contributed by atoms with Crippen LogP contribution in [0, 0.1) is 5.92 Å². The van der Waals surface area contributed by atoms with Gasteiger partial charge in [-0.05, 0) is 43.2 Å². The van der Waals surface area contributed by atoms with E-state index in [4.69, 9.17) is 9.84 Å². The van der Waals surface area contributed by atoms with Crippen LogP contribution < -0.4 is 5.32 Å². The van der Waals surface area contributed by atoms with Gasteiger partial charge in [0, 0.05) is 19.7 Å². The fourth-order valence-corrected chi connectivity index (χ4v) is 3.16. The van der Waals surface area contributed by atoms with Crippen molar-refractivity contribution < 1.29 is 14.6 Å². The molecule has 0 amide bonds. The molecule has 4 heteroatoms. The molecule has 2 N–H and O–H groups in total. The van der Waals surface area contributed by atoms with Crippen LogP contribution in [0.4, 0.5) is 0 Å². The maximum Gasteiger partial charge on any atom is 0.307 e. The van der Waals surface area contributed by atoms with E-state index >= 15 is 0 Å². The van der Waals surface area contributed by atoms with Gasteiger partial charge in [0.05, 0.1) is 11.5 Å². The molecule has 4 nitrogen and oxygen atoms in total. The van der Waals surface area contributed by atoms with Crippen molar-refractivity contribution in [3.05, 3.63) is 35.4 Å². The zero-order chi connectivity index (χ0) is 14.9. The van der Waals surface area contributed by atoms with Crippen molar-refractivity contribution in [1.29, 1.82) is 0 Å². The van der Waals surface area contributed by atoms with Crippen LogP contribution >= 0.6 is 0 Å². The third-order valence-electron chi connectivity index (χ3n) is 4.97. The largest absolute Gasteiger partial charge is 0.481 e. The van der Waals surface area contributed by atoms with E-state index in [0.29, 0.717) is 13.0 Å². The van der Waals surface area contributed by atoms with Crippen LogP contribution in [0.5, 0.6) is 0 Å². The third kappa shape index (κ3) is 3.27. The van der Waals surface area contributed by atoms with Gasteiger partial charge in [-0.1, -0.05) is 24.3 Å². The minimum absolute atomic E-state index is 0.153. The first-order chi connectivity index (χ1) is 10.1. The predicted octanol–water partition coefficient (Wildman–Crippen LogP) is 2.53. The lowest BCUT2D eigenvalue weighted by atomic mass is 9.98. The first-order valence-corrected chi connectivity index (χ1v) is 7.72. The number of hydrogen-bond donors (Lipinski definition) is 2. The number of rotatable bonds is 6. The van der Waals surface area contributed by atoms with E-state index in [1.54, 1.807) is 7.11 Å². The summed E-state index contributed by atoms with van der Waals surface area (Å²) in [6.07, 6.45) is 5.19. The molecule has 1 aromatic carbocycles. The lowest BCUT2D eigenvalue weighted by Gasteiger charge is -2.14. The molecule has 2 atom stereocenters. The summed E-state index contributed by atoms with van der Waals surface area (Å²) in [6, 6.07) is 8.76. The molecule has 2 fully saturated rings. The van der Waals surface area contributed by atoms with Crippen molar-refractivity contribution in [3.8, 4) is 0 Å². The van der Waals surface area contributed by atoms with Crippen LogP contribution in [-0.2, 0) is 16.0 Å². The highest BCUT2D eigenvalue weighted by atomic mass is 16.5. The lowest BCUT2D eigenvalue weighted by molar-refractivity contribution is -0.141. The summed E-state index contributed by atoms with van der Waals surface area (Å²) in [5, 5.41) is 12.3. The first kappa shape index (κ1) is 14.5. The number of nitrogens with one attached hydrogen (secondary N) is 1. The predicted molar refractivity (Wildman–Crippen MR) is 80.2 cm³/mol. The van der Waals surface area contributed by atoms with Crippen molar-refractivity contribution in [2.24, 2.45) is 5.92 Å². The van der Waals surface area contributed by atoms with Crippen LogP contribution in [0.15, 0.2) is 24.3 Å². The number of benzene rings is 1. The fraction of sp³-hybridized carbons (Fsp3) is 0.588. The molecule has 1 aliphatic carbocycles. The van der Waals surface area contributed by atoms with Crippen LogP contribution in [0.2, 0.25) is 0 Å². The van der Waals surface area contributed by atoms with Crippen molar-refractivity contribution in [3.63, 3.8) is 0 Å². The number of ether oxygens (including phenoxy) is 1. The quantitative estimate of drug-likeness (QED) is 0.845. The van der Waals surface area contributed by atoms with Gasteiger partial charge in [0.1, 0.15) is 0 Å². The molecule has 0 radical (unpaired) electrons. The molecule has 0 bridgehead atoms. The lowest BCUT2D eigenvalue weighted by Crippen LogP contribution is -2.17. The maximum atomic E-state index is 11.0. The minimum Gasteiger partial charge on any atom is -0.481 e. The van der Waals surface area contributed by atoms with E-state index in [0.717, 1.165) is 12.8 Å². The highest BCUT2D eigenvalue weighted by Crippen LogP contribution is 2.42. The van der Waals surface area contributed by atoms with E-state index in [1.807, 2.05) is 0 Å². The zero-order valence-electron chi connectivity index (χ0n) is 12.5. The van der Waals surface area contributed by atoms with Crippen molar-refractivity contribution in [1.82, 2.24) is 5.32 Å². The number of carboxylic acids is 1. The molecule has 1 aromatic rings. The summed E-state index contributed by atoms with van der Waals surface area (Å²) >= 11 is 0. The summed E-state index contributed by atoms with van der Waals surface area (Å²) in [5.41, 5.74) is 2.67. The minimum atomic E-state index is -0.698. The van der Waals surface area contributed by atoms with Crippen LogP contribution in [0.3, 0.4) is 0 Å². The number of methoxy groups -OCH3 is 1. The molecule has 3 rings (SSSR count). The fourth-order valence-electron chi connectivity index (χ4n) is 3.16. The monoisotopic (exact) mass is 289 g/mol. The summed E-state index contributed by atoms with van der Waals surface area (Å²) in [7, 11) is 1.81. The van der Waals surface area contributed by atoms with E-state index in [2.05, 4.69) is 29.6 Å². The Morgan fingerprint density at radius 2 is 2.10 bits per heavy atom. The van der Waals surface area contributed by atoms with Gasteiger partial charge in [-0.2, -0.15) is 0 Å². The summed E-state index contributed by atoms with van der Waals surface area (Å²) in [6.45, 7) is 0.568. The van der Waals surface area contributed by atoms with Gasteiger partial charge in [0.15, 0.2) is 0 Å². The summed E-state index contributed by atoms with van der Waals surface area (Å²) < 4.78 is 5.54. The molecule has 2 unspecified atom stereocenters. The molecule has 1 saturated heterocycles. The van der Waals surface area contributed by atoms with E-state index in [1.165, 1.54) is 24.0 Å². The third-order valence-corrected chi connectivity index (χ3v) is 4.97. The van der Waals surface area contributed by atoms with Gasteiger partial charge in [-0.25, -0.2) is 0 Å².